The summed E-state index contributed by atoms with van der Waals surface area (Å²) in [7, 11) is 0. The second-order valence-corrected chi connectivity index (χ2v) is 10.1. The van der Waals surface area contributed by atoms with E-state index in [0.29, 0.717) is 31.1 Å². The molecule has 2 rings (SSSR count). The van der Waals surface area contributed by atoms with E-state index >= 15 is 0 Å². The lowest BCUT2D eigenvalue weighted by Gasteiger charge is -2.45. The van der Waals surface area contributed by atoms with E-state index in [0.717, 1.165) is 13.3 Å². The van der Waals surface area contributed by atoms with Crippen molar-refractivity contribution in [2.45, 2.75) is 96.4 Å². The molecule has 166 valence electrons. The van der Waals surface area contributed by atoms with Crippen LogP contribution in [0.25, 0.3) is 0 Å². The molecule has 0 aromatic rings. The Morgan fingerprint density at radius 3 is 1.79 bits per heavy atom. The molecule has 0 radical (unpaired) electrons. The van der Waals surface area contributed by atoms with Crippen molar-refractivity contribution in [1.29, 1.82) is 0 Å². The highest BCUT2D eigenvalue weighted by Crippen LogP contribution is 2.58. The van der Waals surface area contributed by atoms with Crippen molar-refractivity contribution in [3.05, 3.63) is 0 Å². The Hall–Kier alpha value is -0.500. The summed E-state index contributed by atoms with van der Waals surface area (Å²) in [6.45, 7) is 8.02. The lowest BCUT2D eigenvalue weighted by atomic mass is 9.72. The molecule has 1 N–H and O–H groups in total. The summed E-state index contributed by atoms with van der Waals surface area (Å²) in [5.74, 6) is 1.24. The SMILES string of the molecule is CC1C2CC(CC(C)(OC(C)(C)CC(C)(O)C(F)(F)F)C(F)(F)F)C(C2)C1C. The molecule has 0 saturated heterocycles. The Morgan fingerprint density at radius 1 is 0.857 bits per heavy atom. The van der Waals surface area contributed by atoms with Crippen LogP contribution in [0.4, 0.5) is 26.3 Å². The fourth-order valence-electron chi connectivity index (χ4n) is 5.62. The lowest BCUT2D eigenvalue weighted by Crippen LogP contribution is -2.55. The average Bonchev–Trinajstić information content (AvgIpc) is 2.94. The minimum absolute atomic E-state index is 0.165. The second-order valence-electron chi connectivity index (χ2n) is 10.1. The molecule has 0 amide bonds. The van der Waals surface area contributed by atoms with Crippen LogP contribution in [0.3, 0.4) is 0 Å². The maximum Gasteiger partial charge on any atom is 0.417 e. The van der Waals surface area contributed by atoms with Crippen molar-refractivity contribution in [2.24, 2.45) is 29.6 Å². The van der Waals surface area contributed by atoms with Gasteiger partial charge in [-0.05, 0) is 76.5 Å². The molecule has 2 saturated carbocycles. The Labute approximate surface area is 163 Å². The zero-order valence-corrected chi connectivity index (χ0v) is 17.3. The third kappa shape index (κ3) is 4.47. The van der Waals surface area contributed by atoms with E-state index in [1.807, 2.05) is 0 Å². The first-order valence-electron chi connectivity index (χ1n) is 9.86. The van der Waals surface area contributed by atoms with Crippen LogP contribution in [-0.2, 0) is 4.74 Å². The van der Waals surface area contributed by atoms with Gasteiger partial charge in [-0.3, -0.25) is 0 Å². The maximum absolute atomic E-state index is 14.0. The van der Waals surface area contributed by atoms with Crippen LogP contribution in [-0.4, -0.2) is 34.3 Å². The van der Waals surface area contributed by atoms with Crippen LogP contribution in [0.15, 0.2) is 0 Å². The van der Waals surface area contributed by atoms with Crippen LogP contribution in [0.1, 0.15) is 67.2 Å². The Kier molecular flexibility index (Phi) is 5.97. The molecule has 2 fully saturated rings. The van der Waals surface area contributed by atoms with Crippen LogP contribution in [0.5, 0.6) is 0 Å². The highest BCUT2D eigenvalue weighted by Gasteiger charge is 2.60. The van der Waals surface area contributed by atoms with Crippen LogP contribution in [0, 0.1) is 29.6 Å². The molecule has 2 aliphatic carbocycles. The van der Waals surface area contributed by atoms with Crippen LogP contribution in [0.2, 0.25) is 0 Å². The van der Waals surface area contributed by atoms with Crippen LogP contribution >= 0.6 is 0 Å². The number of hydrogen-bond acceptors (Lipinski definition) is 2. The monoisotopic (exact) mass is 418 g/mol. The van der Waals surface area contributed by atoms with E-state index in [2.05, 4.69) is 13.8 Å². The molecule has 2 aliphatic rings. The van der Waals surface area contributed by atoms with Gasteiger partial charge in [-0.1, -0.05) is 13.8 Å². The fraction of sp³-hybridized carbons (Fsp3) is 1.00. The summed E-state index contributed by atoms with van der Waals surface area (Å²) >= 11 is 0. The summed E-state index contributed by atoms with van der Waals surface area (Å²) in [6.07, 6.45) is -9.34. The molecule has 8 heteroatoms. The van der Waals surface area contributed by atoms with E-state index in [1.165, 1.54) is 13.8 Å². The molecule has 0 spiro atoms. The van der Waals surface area contributed by atoms with Gasteiger partial charge in [0.25, 0.3) is 0 Å². The van der Waals surface area contributed by atoms with E-state index in [4.69, 9.17) is 4.74 Å². The van der Waals surface area contributed by atoms with E-state index in [9.17, 15) is 31.4 Å². The number of aliphatic hydroxyl groups is 1. The number of fused-ring (bicyclic) bond motifs is 2. The van der Waals surface area contributed by atoms with Crippen molar-refractivity contribution in [2.75, 3.05) is 0 Å². The number of hydrogen-bond donors (Lipinski definition) is 1. The van der Waals surface area contributed by atoms with Gasteiger partial charge in [0.15, 0.2) is 11.2 Å². The minimum Gasteiger partial charge on any atom is -0.381 e. The minimum atomic E-state index is -4.96. The lowest BCUT2D eigenvalue weighted by molar-refractivity contribution is -0.322. The third-order valence-electron chi connectivity index (χ3n) is 7.17. The average molecular weight is 418 g/mol. The van der Waals surface area contributed by atoms with Gasteiger partial charge in [0, 0.05) is 6.42 Å². The molecular formula is C20H32F6O2. The number of alkyl halides is 6. The first-order chi connectivity index (χ1) is 12.3. The van der Waals surface area contributed by atoms with Gasteiger partial charge in [-0.15, -0.1) is 0 Å². The summed E-state index contributed by atoms with van der Waals surface area (Å²) in [5.41, 5.74) is -7.53. The van der Waals surface area contributed by atoms with Gasteiger partial charge in [-0.25, -0.2) is 0 Å². The molecular weight excluding hydrogens is 386 g/mol. The fourth-order valence-corrected chi connectivity index (χ4v) is 5.62. The number of ether oxygens (including phenoxy) is 1. The standard InChI is InChI=1S/C20H32F6O2/c1-11-12(2)15-8-13(11)7-14(15)9-18(6,20(24,25)26)28-16(3,4)10-17(5,27)19(21,22)23/h11-15,27H,7-10H2,1-6H3. The van der Waals surface area contributed by atoms with Crippen LogP contribution < -0.4 is 0 Å². The van der Waals surface area contributed by atoms with E-state index in [-0.39, 0.29) is 18.3 Å². The molecule has 2 nitrogen and oxygen atoms in total. The van der Waals surface area contributed by atoms with E-state index < -0.39 is 35.6 Å². The number of rotatable bonds is 6. The molecule has 0 aliphatic heterocycles. The first-order valence-corrected chi connectivity index (χ1v) is 9.86. The molecule has 0 heterocycles. The molecule has 7 atom stereocenters. The van der Waals surface area contributed by atoms with Gasteiger partial charge in [0.2, 0.25) is 0 Å². The van der Waals surface area contributed by atoms with Crippen molar-refractivity contribution in [1.82, 2.24) is 0 Å². The third-order valence-corrected chi connectivity index (χ3v) is 7.17. The van der Waals surface area contributed by atoms with Gasteiger partial charge in [-0.2, -0.15) is 26.3 Å². The maximum atomic E-state index is 14.0. The predicted molar refractivity (Wildman–Crippen MR) is 93.6 cm³/mol. The summed E-state index contributed by atoms with van der Waals surface area (Å²) in [5, 5.41) is 9.73. The first kappa shape index (κ1) is 23.8. The highest BCUT2D eigenvalue weighted by atomic mass is 19.4. The molecule has 0 aromatic heterocycles. The zero-order chi connectivity index (χ0) is 21.9. The van der Waals surface area contributed by atoms with Gasteiger partial charge < -0.3 is 9.84 Å². The normalized spacial score (nSPS) is 35.7. The van der Waals surface area contributed by atoms with Gasteiger partial charge >= 0.3 is 12.4 Å². The summed E-state index contributed by atoms with van der Waals surface area (Å²) in [6, 6.07) is 0. The predicted octanol–water partition coefficient (Wildman–Crippen LogP) is 6.12. The smallest absolute Gasteiger partial charge is 0.381 e. The summed E-state index contributed by atoms with van der Waals surface area (Å²) in [4.78, 5) is 0. The van der Waals surface area contributed by atoms with Crippen molar-refractivity contribution in [3.8, 4) is 0 Å². The van der Waals surface area contributed by atoms with E-state index in [1.54, 1.807) is 0 Å². The van der Waals surface area contributed by atoms with Crippen molar-refractivity contribution >= 4 is 0 Å². The number of halogens is 6. The zero-order valence-electron chi connectivity index (χ0n) is 17.3. The molecule has 0 aromatic carbocycles. The van der Waals surface area contributed by atoms with Crippen molar-refractivity contribution < 1.29 is 36.2 Å². The second kappa shape index (κ2) is 7.03. The Morgan fingerprint density at radius 2 is 1.39 bits per heavy atom. The Bertz CT molecular complexity index is 566. The highest BCUT2D eigenvalue weighted by molar-refractivity contribution is 5.02. The molecule has 2 bridgehead atoms. The largest absolute Gasteiger partial charge is 0.417 e. The summed E-state index contributed by atoms with van der Waals surface area (Å²) < 4.78 is 86.3. The molecule has 7 unspecified atom stereocenters. The quantitative estimate of drug-likeness (QED) is 0.526. The van der Waals surface area contributed by atoms with Crippen molar-refractivity contribution in [3.63, 3.8) is 0 Å². The molecule has 28 heavy (non-hydrogen) atoms. The van der Waals surface area contributed by atoms with Gasteiger partial charge in [0.1, 0.15) is 0 Å². The Balaban J connectivity index is 2.19. The van der Waals surface area contributed by atoms with Gasteiger partial charge in [0.05, 0.1) is 5.60 Å². The topological polar surface area (TPSA) is 29.5 Å².